The van der Waals surface area contributed by atoms with Crippen LogP contribution >= 0.6 is 0 Å². The minimum Gasteiger partial charge on any atom is -0.465 e. The highest BCUT2D eigenvalue weighted by atomic mass is 16.5. The first-order chi connectivity index (χ1) is 9.45. The zero-order valence-corrected chi connectivity index (χ0v) is 13.8. The lowest BCUT2D eigenvalue weighted by atomic mass is 10.1. The predicted molar refractivity (Wildman–Crippen MR) is 85.6 cm³/mol. The molecule has 0 N–H and O–H groups in total. The van der Waals surface area contributed by atoms with Crippen molar-refractivity contribution in [1.82, 2.24) is 0 Å². The van der Waals surface area contributed by atoms with Crippen molar-refractivity contribution >= 4 is 5.97 Å². The summed E-state index contributed by atoms with van der Waals surface area (Å²) in [7, 11) is 6.45. The van der Waals surface area contributed by atoms with Gasteiger partial charge in [-0.1, -0.05) is 31.8 Å². The van der Waals surface area contributed by atoms with Crippen molar-refractivity contribution in [3.05, 3.63) is 12.7 Å². The Bertz CT molecular complexity index is 256. The normalized spacial score (nSPS) is 11.3. The molecule has 3 heteroatoms. The van der Waals surface area contributed by atoms with Gasteiger partial charge in [0.15, 0.2) is 0 Å². The highest BCUT2D eigenvalue weighted by Crippen LogP contribution is 2.09. The lowest BCUT2D eigenvalue weighted by molar-refractivity contribution is -0.870. The second-order valence-electron chi connectivity index (χ2n) is 6.54. The maximum Gasteiger partial charge on any atom is 0.305 e. The van der Waals surface area contributed by atoms with Crippen molar-refractivity contribution < 1.29 is 14.0 Å². The molecular formula is C17H34NO2+. The Morgan fingerprint density at radius 2 is 1.60 bits per heavy atom. The molecule has 0 radical (unpaired) electrons. The molecule has 0 aromatic carbocycles. The Kier molecular flexibility index (Phi) is 11.5. The molecule has 0 amide bonds. The predicted octanol–water partition coefficient (Wildman–Crippen LogP) is 3.93. The van der Waals surface area contributed by atoms with Gasteiger partial charge in [-0.3, -0.25) is 4.79 Å². The van der Waals surface area contributed by atoms with Gasteiger partial charge in [0.1, 0.15) is 0 Å². The zero-order chi connectivity index (χ0) is 15.3. The van der Waals surface area contributed by atoms with Gasteiger partial charge in [-0.05, 0) is 19.3 Å². The van der Waals surface area contributed by atoms with Gasteiger partial charge in [-0.2, -0.15) is 0 Å². The fraction of sp³-hybridized carbons (Fsp3) is 0.824. The van der Waals surface area contributed by atoms with Crippen LogP contribution < -0.4 is 0 Å². The van der Waals surface area contributed by atoms with Gasteiger partial charge >= 0.3 is 5.97 Å². The van der Waals surface area contributed by atoms with Crippen molar-refractivity contribution in [2.75, 3.05) is 34.3 Å². The first-order valence-electron chi connectivity index (χ1n) is 8.02. The maximum atomic E-state index is 11.5. The molecule has 0 fully saturated rings. The van der Waals surface area contributed by atoms with Crippen LogP contribution in [0.15, 0.2) is 12.7 Å². The summed E-state index contributed by atoms with van der Waals surface area (Å²) >= 11 is 0. The van der Waals surface area contributed by atoms with E-state index in [-0.39, 0.29) is 5.97 Å². The lowest BCUT2D eigenvalue weighted by Gasteiger charge is -2.23. The van der Waals surface area contributed by atoms with Crippen LogP contribution in [0.4, 0.5) is 0 Å². The Hall–Kier alpha value is -0.830. The van der Waals surface area contributed by atoms with Crippen LogP contribution in [0.2, 0.25) is 0 Å². The molecule has 0 saturated carbocycles. The molecule has 0 rings (SSSR count). The van der Waals surface area contributed by atoms with Gasteiger partial charge in [0.2, 0.25) is 0 Å². The van der Waals surface area contributed by atoms with E-state index in [0.29, 0.717) is 13.0 Å². The number of quaternary nitrogens is 1. The van der Waals surface area contributed by atoms with Crippen LogP contribution in [-0.4, -0.2) is 44.7 Å². The van der Waals surface area contributed by atoms with Crippen molar-refractivity contribution in [1.29, 1.82) is 0 Å². The number of rotatable bonds is 13. The molecule has 0 aromatic rings. The smallest absolute Gasteiger partial charge is 0.305 e. The summed E-state index contributed by atoms with van der Waals surface area (Å²) in [4.78, 5) is 11.5. The number of allylic oxidation sites excluding steroid dienone is 1. The summed E-state index contributed by atoms with van der Waals surface area (Å²) in [6, 6.07) is 0. The number of carbonyl (C=O) groups excluding carboxylic acids is 1. The summed E-state index contributed by atoms with van der Waals surface area (Å²) in [5.74, 6) is -0.0296. The molecule has 0 aromatic heterocycles. The number of unbranched alkanes of at least 4 members (excludes halogenated alkanes) is 6. The molecular weight excluding hydrogens is 250 g/mol. The lowest BCUT2D eigenvalue weighted by Crippen LogP contribution is -2.35. The first-order valence-corrected chi connectivity index (χ1v) is 8.02. The van der Waals surface area contributed by atoms with E-state index in [1.807, 2.05) is 6.08 Å². The molecule has 0 aliphatic carbocycles. The minimum absolute atomic E-state index is 0.0296. The summed E-state index contributed by atoms with van der Waals surface area (Å²) in [6.07, 6.45) is 11.8. The molecule has 0 spiro atoms. The third-order valence-corrected chi connectivity index (χ3v) is 3.28. The minimum atomic E-state index is -0.0296. The van der Waals surface area contributed by atoms with E-state index in [2.05, 4.69) is 27.7 Å². The molecule has 0 saturated heterocycles. The Morgan fingerprint density at radius 3 is 2.20 bits per heavy atom. The summed E-state index contributed by atoms with van der Waals surface area (Å²) in [6.45, 7) is 5.32. The van der Waals surface area contributed by atoms with Gasteiger partial charge in [0, 0.05) is 12.8 Å². The van der Waals surface area contributed by atoms with E-state index in [9.17, 15) is 4.79 Å². The molecule has 118 valence electrons. The van der Waals surface area contributed by atoms with E-state index < -0.39 is 0 Å². The van der Waals surface area contributed by atoms with E-state index in [0.717, 1.165) is 36.7 Å². The Labute approximate surface area is 125 Å². The van der Waals surface area contributed by atoms with Gasteiger partial charge in [0.05, 0.1) is 34.3 Å². The number of nitrogens with zero attached hydrogens (tertiary/aromatic N) is 1. The van der Waals surface area contributed by atoms with E-state index in [1.54, 1.807) is 0 Å². The third kappa shape index (κ3) is 15.2. The topological polar surface area (TPSA) is 26.3 Å². The van der Waals surface area contributed by atoms with Crippen molar-refractivity contribution in [2.24, 2.45) is 0 Å². The monoisotopic (exact) mass is 284 g/mol. The largest absolute Gasteiger partial charge is 0.465 e. The number of ether oxygens (including phenoxy) is 1. The van der Waals surface area contributed by atoms with Gasteiger partial charge in [-0.25, -0.2) is 0 Å². The molecule has 0 bridgehead atoms. The highest BCUT2D eigenvalue weighted by Gasteiger charge is 2.07. The van der Waals surface area contributed by atoms with Crippen molar-refractivity contribution in [3.8, 4) is 0 Å². The van der Waals surface area contributed by atoms with E-state index in [4.69, 9.17) is 4.74 Å². The average Bonchev–Trinajstić information content (AvgIpc) is 2.37. The molecule has 0 atom stereocenters. The summed E-state index contributed by atoms with van der Waals surface area (Å²) in [5, 5.41) is 0. The number of esters is 1. The molecule has 0 aliphatic rings. The fourth-order valence-corrected chi connectivity index (χ4v) is 2.06. The van der Waals surface area contributed by atoms with Crippen LogP contribution in [0, 0.1) is 0 Å². The molecule has 0 unspecified atom stereocenters. The fourth-order valence-electron chi connectivity index (χ4n) is 2.06. The average molecular weight is 284 g/mol. The number of hydrogen-bond donors (Lipinski definition) is 0. The second-order valence-corrected chi connectivity index (χ2v) is 6.54. The van der Waals surface area contributed by atoms with Crippen molar-refractivity contribution in [3.63, 3.8) is 0 Å². The van der Waals surface area contributed by atoms with Crippen LogP contribution in [0.5, 0.6) is 0 Å². The second kappa shape index (κ2) is 12.0. The van der Waals surface area contributed by atoms with Gasteiger partial charge < -0.3 is 9.22 Å². The van der Waals surface area contributed by atoms with Gasteiger partial charge in [-0.15, -0.1) is 6.58 Å². The standard InChI is InChI=1S/C17H34NO2/c1-5-6-7-8-9-10-11-12-14-17(19)20-16-13-15-18(2,3)4/h5H,1,6-16H2,2-4H3/q+1. The highest BCUT2D eigenvalue weighted by molar-refractivity contribution is 5.69. The van der Waals surface area contributed by atoms with Gasteiger partial charge in [0.25, 0.3) is 0 Å². The molecule has 20 heavy (non-hydrogen) atoms. The number of carbonyl (C=O) groups is 1. The molecule has 0 aliphatic heterocycles. The van der Waals surface area contributed by atoms with E-state index >= 15 is 0 Å². The Balaban J connectivity index is 3.26. The van der Waals surface area contributed by atoms with Crippen LogP contribution in [0.25, 0.3) is 0 Å². The molecule has 0 heterocycles. The summed E-state index contributed by atoms with van der Waals surface area (Å²) in [5.41, 5.74) is 0. The zero-order valence-electron chi connectivity index (χ0n) is 13.8. The maximum absolute atomic E-state index is 11.5. The van der Waals surface area contributed by atoms with Crippen LogP contribution in [0.1, 0.15) is 57.8 Å². The van der Waals surface area contributed by atoms with Crippen LogP contribution in [-0.2, 0) is 9.53 Å². The first kappa shape index (κ1) is 19.2. The SMILES string of the molecule is C=CCCCCCCCCC(=O)OCCC[N+](C)(C)C. The molecule has 3 nitrogen and oxygen atoms in total. The Morgan fingerprint density at radius 1 is 1.00 bits per heavy atom. The quantitative estimate of drug-likeness (QED) is 0.222. The van der Waals surface area contributed by atoms with Crippen molar-refractivity contribution in [2.45, 2.75) is 57.8 Å². The summed E-state index contributed by atoms with van der Waals surface area (Å²) < 4.78 is 6.16. The third-order valence-electron chi connectivity index (χ3n) is 3.28. The van der Waals surface area contributed by atoms with E-state index in [1.165, 1.54) is 25.7 Å². The van der Waals surface area contributed by atoms with Crippen LogP contribution in [0.3, 0.4) is 0 Å². The number of hydrogen-bond acceptors (Lipinski definition) is 2.